The molecule has 0 heterocycles. The van der Waals surface area contributed by atoms with Gasteiger partial charge in [-0.15, -0.1) is 0 Å². The number of hydrogen-bond acceptors (Lipinski definition) is 3. The van der Waals surface area contributed by atoms with E-state index in [1.165, 1.54) is 18.2 Å². The topological polar surface area (TPSA) is 90.2 Å². The molecule has 0 saturated heterocycles. The van der Waals surface area contributed by atoms with E-state index in [0.717, 1.165) is 0 Å². The Balaban J connectivity index is 2.23. The van der Waals surface area contributed by atoms with Gasteiger partial charge in [-0.25, -0.2) is 0 Å². The number of anilines is 1. The molecule has 0 aliphatic heterocycles. The molecular weight excluding hydrogens is 256 g/mol. The fraction of sp³-hybridized carbons (Fsp3) is 0.250. The van der Waals surface area contributed by atoms with Gasteiger partial charge in [-0.05, 0) is 31.0 Å². The van der Waals surface area contributed by atoms with Gasteiger partial charge in [0.25, 0.3) is 0 Å². The van der Waals surface area contributed by atoms with E-state index in [0.29, 0.717) is 18.4 Å². The SMILES string of the molecule is N#Cc1ccc(Cl)c(NC(=O)C2(C(=O)O)CC2)c1. The van der Waals surface area contributed by atoms with E-state index in [2.05, 4.69) is 5.32 Å². The summed E-state index contributed by atoms with van der Waals surface area (Å²) < 4.78 is 0. The van der Waals surface area contributed by atoms with E-state index < -0.39 is 17.3 Å². The summed E-state index contributed by atoms with van der Waals surface area (Å²) in [5.74, 6) is -1.72. The highest BCUT2D eigenvalue weighted by Crippen LogP contribution is 2.47. The van der Waals surface area contributed by atoms with Crippen LogP contribution in [0.5, 0.6) is 0 Å². The highest BCUT2D eigenvalue weighted by atomic mass is 35.5. The zero-order valence-corrected chi connectivity index (χ0v) is 9.99. The maximum absolute atomic E-state index is 11.9. The number of nitriles is 1. The predicted molar refractivity (Wildman–Crippen MR) is 64.1 cm³/mol. The third-order valence-electron chi connectivity index (χ3n) is 2.94. The number of rotatable bonds is 3. The van der Waals surface area contributed by atoms with Crippen LogP contribution in [0.15, 0.2) is 18.2 Å². The Morgan fingerprint density at radius 3 is 2.61 bits per heavy atom. The molecule has 92 valence electrons. The third kappa shape index (κ3) is 2.03. The van der Waals surface area contributed by atoms with Crippen molar-refractivity contribution in [1.29, 1.82) is 5.26 Å². The first-order valence-corrected chi connectivity index (χ1v) is 5.62. The van der Waals surface area contributed by atoms with E-state index in [1.54, 1.807) is 0 Å². The molecule has 1 saturated carbocycles. The fourth-order valence-electron chi connectivity index (χ4n) is 1.60. The molecule has 18 heavy (non-hydrogen) atoms. The van der Waals surface area contributed by atoms with Crippen LogP contribution in [0.2, 0.25) is 5.02 Å². The summed E-state index contributed by atoms with van der Waals surface area (Å²) in [6.07, 6.45) is 0.646. The Morgan fingerprint density at radius 1 is 1.44 bits per heavy atom. The van der Waals surface area contributed by atoms with E-state index in [-0.39, 0.29) is 10.7 Å². The normalized spacial score (nSPS) is 15.6. The number of benzene rings is 1. The first-order chi connectivity index (χ1) is 8.49. The Hall–Kier alpha value is -2.06. The zero-order valence-electron chi connectivity index (χ0n) is 9.24. The van der Waals surface area contributed by atoms with Crippen LogP contribution >= 0.6 is 11.6 Å². The van der Waals surface area contributed by atoms with Crippen LogP contribution in [0.4, 0.5) is 5.69 Å². The van der Waals surface area contributed by atoms with Gasteiger partial charge in [-0.3, -0.25) is 9.59 Å². The lowest BCUT2D eigenvalue weighted by atomic mass is 10.1. The molecule has 2 N–H and O–H groups in total. The highest BCUT2D eigenvalue weighted by molar-refractivity contribution is 6.34. The molecule has 1 fully saturated rings. The van der Waals surface area contributed by atoms with Crippen molar-refractivity contribution in [2.24, 2.45) is 5.41 Å². The Morgan fingerprint density at radius 2 is 2.11 bits per heavy atom. The maximum Gasteiger partial charge on any atom is 0.319 e. The van der Waals surface area contributed by atoms with Gasteiger partial charge in [0, 0.05) is 0 Å². The lowest BCUT2D eigenvalue weighted by molar-refractivity contribution is -0.147. The fourth-order valence-corrected chi connectivity index (χ4v) is 1.76. The number of amides is 1. The molecule has 2 rings (SSSR count). The average Bonchev–Trinajstić information content (AvgIpc) is 3.13. The van der Waals surface area contributed by atoms with Gasteiger partial charge in [-0.1, -0.05) is 11.6 Å². The van der Waals surface area contributed by atoms with Crippen molar-refractivity contribution < 1.29 is 14.7 Å². The number of carboxylic acids is 1. The molecule has 0 unspecified atom stereocenters. The van der Waals surface area contributed by atoms with Crippen molar-refractivity contribution in [1.82, 2.24) is 0 Å². The smallest absolute Gasteiger partial charge is 0.319 e. The minimum Gasteiger partial charge on any atom is -0.480 e. The van der Waals surface area contributed by atoms with Crippen molar-refractivity contribution in [2.75, 3.05) is 5.32 Å². The van der Waals surface area contributed by atoms with Gasteiger partial charge in [0.15, 0.2) is 0 Å². The number of nitrogens with zero attached hydrogens (tertiary/aromatic N) is 1. The number of halogens is 1. The summed E-state index contributed by atoms with van der Waals surface area (Å²) in [4.78, 5) is 22.8. The van der Waals surface area contributed by atoms with Crippen molar-refractivity contribution in [3.63, 3.8) is 0 Å². The molecule has 0 atom stereocenters. The summed E-state index contributed by atoms with van der Waals surface area (Å²) >= 11 is 5.88. The van der Waals surface area contributed by atoms with Gasteiger partial charge < -0.3 is 10.4 Å². The molecule has 0 radical (unpaired) electrons. The number of aliphatic carboxylic acids is 1. The molecule has 1 amide bonds. The van der Waals surface area contributed by atoms with Crippen molar-refractivity contribution in [3.8, 4) is 6.07 Å². The van der Waals surface area contributed by atoms with Gasteiger partial charge in [-0.2, -0.15) is 5.26 Å². The Kier molecular flexibility index (Phi) is 2.97. The van der Waals surface area contributed by atoms with E-state index >= 15 is 0 Å². The lowest BCUT2D eigenvalue weighted by Crippen LogP contribution is -2.31. The summed E-state index contributed by atoms with van der Waals surface area (Å²) in [6, 6.07) is 6.33. The summed E-state index contributed by atoms with van der Waals surface area (Å²) in [5.41, 5.74) is -0.727. The first kappa shape index (κ1) is 12.4. The predicted octanol–water partition coefficient (Wildman–Crippen LogP) is 2.01. The van der Waals surface area contributed by atoms with E-state index in [4.69, 9.17) is 22.0 Å². The molecule has 1 aliphatic rings. The molecule has 6 heteroatoms. The van der Waals surface area contributed by atoms with Gasteiger partial charge in [0.2, 0.25) is 5.91 Å². The summed E-state index contributed by atoms with van der Waals surface area (Å²) in [7, 11) is 0. The molecule has 0 spiro atoms. The average molecular weight is 265 g/mol. The summed E-state index contributed by atoms with van der Waals surface area (Å²) in [6.45, 7) is 0. The number of carboxylic acid groups (broad SMARTS) is 1. The Bertz CT molecular complexity index is 573. The third-order valence-corrected chi connectivity index (χ3v) is 3.27. The molecule has 1 aliphatic carbocycles. The van der Waals surface area contributed by atoms with E-state index in [1.807, 2.05) is 6.07 Å². The molecule has 0 aromatic heterocycles. The first-order valence-electron chi connectivity index (χ1n) is 5.24. The van der Waals surface area contributed by atoms with Crippen LogP contribution < -0.4 is 5.32 Å². The minimum atomic E-state index is -1.33. The maximum atomic E-state index is 11.9. The van der Waals surface area contributed by atoms with Gasteiger partial charge >= 0.3 is 5.97 Å². The molecule has 1 aromatic carbocycles. The summed E-state index contributed by atoms with van der Waals surface area (Å²) in [5, 5.41) is 20.5. The quantitative estimate of drug-likeness (QED) is 0.817. The molecular formula is C12H9ClN2O3. The minimum absolute atomic E-state index is 0.258. The number of carbonyl (C=O) groups excluding carboxylic acids is 1. The highest BCUT2D eigenvalue weighted by Gasteiger charge is 2.57. The van der Waals surface area contributed by atoms with Crippen LogP contribution in [0.3, 0.4) is 0 Å². The number of carbonyl (C=O) groups is 2. The zero-order chi connectivity index (χ0) is 13.3. The number of nitrogens with one attached hydrogen (secondary N) is 1. The van der Waals surface area contributed by atoms with E-state index in [9.17, 15) is 9.59 Å². The Labute approximate surface area is 108 Å². The molecule has 1 aromatic rings. The number of hydrogen-bond donors (Lipinski definition) is 2. The monoisotopic (exact) mass is 264 g/mol. The lowest BCUT2D eigenvalue weighted by Gasteiger charge is -2.12. The second kappa shape index (κ2) is 4.31. The second-order valence-electron chi connectivity index (χ2n) is 4.15. The second-order valence-corrected chi connectivity index (χ2v) is 4.56. The van der Waals surface area contributed by atoms with Crippen LogP contribution in [0, 0.1) is 16.7 Å². The van der Waals surface area contributed by atoms with Crippen molar-refractivity contribution >= 4 is 29.2 Å². The van der Waals surface area contributed by atoms with Crippen molar-refractivity contribution in [2.45, 2.75) is 12.8 Å². The van der Waals surface area contributed by atoms with Crippen LogP contribution in [-0.4, -0.2) is 17.0 Å². The van der Waals surface area contributed by atoms with Crippen LogP contribution in [-0.2, 0) is 9.59 Å². The van der Waals surface area contributed by atoms with Gasteiger partial charge in [0.05, 0.1) is 22.3 Å². The van der Waals surface area contributed by atoms with Crippen LogP contribution in [0.25, 0.3) is 0 Å². The van der Waals surface area contributed by atoms with Crippen LogP contribution in [0.1, 0.15) is 18.4 Å². The molecule has 0 bridgehead atoms. The largest absolute Gasteiger partial charge is 0.480 e. The van der Waals surface area contributed by atoms with Crippen molar-refractivity contribution in [3.05, 3.63) is 28.8 Å². The van der Waals surface area contributed by atoms with Gasteiger partial charge in [0.1, 0.15) is 5.41 Å². The standard InChI is InChI=1S/C12H9ClN2O3/c13-8-2-1-7(6-14)5-9(8)15-10(16)12(3-4-12)11(17)18/h1-2,5H,3-4H2,(H,15,16)(H,17,18). The molecule has 5 nitrogen and oxygen atoms in total.